The number of aromatic nitrogens is 3. The average molecular weight is 527 g/mol. The van der Waals surface area contributed by atoms with Crippen LogP contribution in [-0.2, 0) is 4.79 Å². The zero-order valence-corrected chi connectivity index (χ0v) is 23.2. The van der Waals surface area contributed by atoms with Crippen molar-refractivity contribution in [2.24, 2.45) is 5.92 Å². The van der Waals surface area contributed by atoms with Gasteiger partial charge in [0, 0.05) is 81.7 Å². The fourth-order valence-corrected chi connectivity index (χ4v) is 6.65. The molecule has 39 heavy (non-hydrogen) atoms. The van der Waals surface area contributed by atoms with E-state index in [1.165, 1.54) is 12.0 Å². The van der Waals surface area contributed by atoms with Crippen LogP contribution in [0.25, 0.3) is 21.6 Å². The molecule has 8 heteroatoms. The predicted octanol–water partition coefficient (Wildman–Crippen LogP) is 4.76. The van der Waals surface area contributed by atoms with E-state index in [4.69, 9.17) is 11.6 Å². The number of rotatable bonds is 5. The van der Waals surface area contributed by atoms with Gasteiger partial charge >= 0.3 is 0 Å². The first-order valence-corrected chi connectivity index (χ1v) is 14.6. The molecule has 0 spiro atoms. The molecule has 3 aromatic rings. The molecule has 0 N–H and O–H groups in total. The van der Waals surface area contributed by atoms with Crippen LogP contribution in [0.1, 0.15) is 57.4 Å². The smallest absolute Gasteiger partial charge is 0.272 e. The molecule has 204 valence electrons. The average Bonchev–Trinajstić information content (AvgIpc) is 3.65. The Hall–Kier alpha value is -3.44. The first-order chi connectivity index (χ1) is 19.0. The van der Waals surface area contributed by atoms with Crippen LogP contribution < -0.4 is 4.90 Å². The van der Waals surface area contributed by atoms with E-state index < -0.39 is 0 Å². The van der Waals surface area contributed by atoms with Crippen LogP contribution in [0.3, 0.4) is 0 Å². The second-order valence-corrected chi connectivity index (χ2v) is 11.8. The second-order valence-electron chi connectivity index (χ2n) is 11.8. The summed E-state index contributed by atoms with van der Waals surface area (Å²) in [6, 6.07) is 9.51. The highest BCUT2D eigenvalue weighted by atomic mass is 16.2. The van der Waals surface area contributed by atoms with E-state index in [9.17, 15) is 4.79 Å². The number of likely N-dealkylation sites (tertiary alicyclic amines) is 1. The molecule has 6 rings (SSSR count). The first kappa shape index (κ1) is 25.8. The number of nitrogens with zero attached hydrogens (tertiary/aromatic N) is 7. The molecular weight excluding hydrogens is 486 g/mol. The summed E-state index contributed by atoms with van der Waals surface area (Å²) >= 11 is 0. The van der Waals surface area contributed by atoms with Gasteiger partial charge in [-0.3, -0.25) is 9.78 Å². The molecule has 1 saturated carbocycles. The van der Waals surface area contributed by atoms with Crippen LogP contribution in [0.15, 0.2) is 42.9 Å². The summed E-state index contributed by atoms with van der Waals surface area (Å²) in [6.07, 6.45) is 10.8. The minimum atomic E-state index is 0.122. The van der Waals surface area contributed by atoms with E-state index in [2.05, 4.69) is 75.2 Å². The second kappa shape index (κ2) is 11.0. The van der Waals surface area contributed by atoms with Gasteiger partial charge in [0.15, 0.2) is 0 Å². The van der Waals surface area contributed by atoms with Gasteiger partial charge < -0.3 is 14.7 Å². The number of hydrogen-bond donors (Lipinski definition) is 0. The molecular formula is C31H40N7O+. The van der Waals surface area contributed by atoms with Crippen LogP contribution in [0.2, 0.25) is 0 Å². The van der Waals surface area contributed by atoms with Crippen molar-refractivity contribution in [1.82, 2.24) is 24.4 Å². The molecule has 0 bridgehead atoms. The van der Waals surface area contributed by atoms with Crippen LogP contribution in [-0.4, -0.2) is 81.7 Å². The standard InChI is InChI=1S/C31H40N7O/c1-22(2)37-13-11-25(20-37)24-6-9-28(33-19-24)26-18-30-29(10-12-34-38(30)21-26)35-14-16-36(17-15-35)31(39)23-4-7-27(32-3)8-5-23/h3,6,9-10,12,18-19,21-23,25,27H,4-5,7-8,11,13-17,20H2,1-2H3/q+1/t23-,25-,27-/m0/s1. The van der Waals surface area contributed by atoms with Crippen molar-refractivity contribution >= 4 is 17.1 Å². The Kier molecular flexibility index (Phi) is 7.26. The third-order valence-electron chi connectivity index (χ3n) is 9.18. The molecule has 0 radical (unpaired) electrons. The Morgan fingerprint density at radius 3 is 2.49 bits per heavy atom. The SMILES string of the molecule is C#[N+][C@H]1CC[C@H](C(=O)N2CCN(c3ccnn4cc(-c5ccc([C@H]6CCN(C(C)C)C6)cn5)cc34)CC2)CC1. The lowest BCUT2D eigenvalue weighted by atomic mass is 9.85. The molecule has 1 atom stereocenters. The number of piperazine rings is 1. The maximum atomic E-state index is 13.1. The van der Waals surface area contributed by atoms with E-state index >= 15 is 0 Å². The summed E-state index contributed by atoms with van der Waals surface area (Å²) in [5.74, 6) is 0.994. The largest absolute Gasteiger partial charge is 0.366 e. The Morgan fingerprint density at radius 1 is 1.03 bits per heavy atom. The summed E-state index contributed by atoms with van der Waals surface area (Å²) in [6.45, 7) is 15.4. The first-order valence-electron chi connectivity index (χ1n) is 14.6. The molecule has 8 nitrogen and oxygen atoms in total. The number of pyridine rings is 1. The predicted molar refractivity (Wildman–Crippen MR) is 155 cm³/mol. The van der Waals surface area contributed by atoms with Crippen molar-refractivity contribution < 1.29 is 4.79 Å². The van der Waals surface area contributed by atoms with Crippen molar-refractivity contribution in [2.45, 2.75) is 64.0 Å². The van der Waals surface area contributed by atoms with Crippen LogP contribution >= 0.6 is 0 Å². The third-order valence-corrected chi connectivity index (χ3v) is 9.18. The fourth-order valence-electron chi connectivity index (χ4n) is 6.65. The summed E-state index contributed by atoms with van der Waals surface area (Å²) in [5, 5.41) is 4.58. The monoisotopic (exact) mass is 526 g/mol. The highest BCUT2D eigenvalue weighted by molar-refractivity contribution is 5.81. The Bertz CT molecular complexity index is 1340. The number of hydrogen-bond acceptors (Lipinski definition) is 5. The zero-order valence-electron chi connectivity index (χ0n) is 23.2. The van der Waals surface area contributed by atoms with Gasteiger partial charge in [0.1, 0.15) is 0 Å². The zero-order chi connectivity index (χ0) is 26.9. The van der Waals surface area contributed by atoms with E-state index in [-0.39, 0.29) is 12.0 Å². The fraction of sp³-hybridized carbons (Fsp3) is 0.548. The van der Waals surface area contributed by atoms with Gasteiger partial charge in [-0.25, -0.2) is 4.52 Å². The Morgan fingerprint density at radius 2 is 1.82 bits per heavy atom. The maximum absolute atomic E-state index is 13.1. The topological polar surface area (TPSA) is 61.3 Å². The van der Waals surface area contributed by atoms with Crippen molar-refractivity contribution in [2.75, 3.05) is 44.2 Å². The van der Waals surface area contributed by atoms with Gasteiger partial charge in [-0.2, -0.15) is 5.10 Å². The molecule has 3 aromatic heterocycles. The van der Waals surface area contributed by atoms with Crippen molar-refractivity contribution in [3.05, 3.63) is 53.3 Å². The summed E-state index contributed by atoms with van der Waals surface area (Å²) in [4.78, 5) is 28.9. The molecule has 3 fully saturated rings. The van der Waals surface area contributed by atoms with E-state index in [1.54, 1.807) is 0 Å². The van der Waals surface area contributed by atoms with Gasteiger partial charge in [0.2, 0.25) is 5.91 Å². The molecule has 5 heterocycles. The van der Waals surface area contributed by atoms with E-state index in [0.717, 1.165) is 87.4 Å². The van der Waals surface area contributed by atoms with Gasteiger partial charge in [-0.15, -0.1) is 0 Å². The lowest BCUT2D eigenvalue weighted by molar-refractivity contribution is -0.136. The molecule has 3 aliphatic rings. The van der Waals surface area contributed by atoms with Crippen molar-refractivity contribution in [3.63, 3.8) is 0 Å². The quantitative estimate of drug-likeness (QED) is 0.480. The van der Waals surface area contributed by atoms with Crippen LogP contribution in [0, 0.1) is 12.5 Å². The lowest BCUT2D eigenvalue weighted by Crippen LogP contribution is -2.51. The number of carbonyl (C=O) groups is 1. The maximum Gasteiger partial charge on any atom is 0.272 e. The normalized spacial score (nSPS) is 24.4. The van der Waals surface area contributed by atoms with Crippen LogP contribution in [0.5, 0.6) is 0 Å². The molecule has 1 amide bonds. The number of fused-ring (bicyclic) bond motifs is 1. The summed E-state index contributed by atoms with van der Waals surface area (Å²) in [7, 11) is 0. The van der Waals surface area contributed by atoms with E-state index in [0.29, 0.717) is 17.9 Å². The van der Waals surface area contributed by atoms with Gasteiger partial charge in [0.05, 0.1) is 16.9 Å². The van der Waals surface area contributed by atoms with Gasteiger partial charge in [-0.05, 0) is 69.3 Å². The molecule has 1 aliphatic carbocycles. The van der Waals surface area contributed by atoms with Crippen LogP contribution in [0.4, 0.5) is 5.69 Å². The minimum absolute atomic E-state index is 0.122. The Labute approximate surface area is 231 Å². The Balaban J connectivity index is 1.12. The number of amides is 1. The molecule has 0 aromatic carbocycles. The van der Waals surface area contributed by atoms with E-state index in [1.807, 2.05) is 10.7 Å². The molecule has 0 unspecified atom stereocenters. The molecule has 2 saturated heterocycles. The van der Waals surface area contributed by atoms with Crippen molar-refractivity contribution in [1.29, 1.82) is 0 Å². The highest BCUT2D eigenvalue weighted by Gasteiger charge is 2.34. The van der Waals surface area contributed by atoms with Crippen molar-refractivity contribution in [3.8, 4) is 17.8 Å². The number of anilines is 1. The summed E-state index contributed by atoms with van der Waals surface area (Å²) < 4.78 is 1.95. The third kappa shape index (κ3) is 5.25. The number of carbonyl (C=O) groups excluding carboxylic acids is 1. The highest BCUT2D eigenvalue weighted by Crippen LogP contribution is 2.32. The summed E-state index contributed by atoms with van der Waals surface area (Å²) in [5.41, 5.74) is 5.61. The van der Waals surface area contributed by atoms with Gasteiger partial charge in [0.25, 0.3) is 12.6 Å². The lowest BCUT2D eigenvalue weighted by Gasteiger charge is -2.38. The van der Waals surface area contributed by atoms with Gasteiger partial charge in [-0.1, -0.05) is 10.9 Å². The molecule has 2 aliphatic heterocycles. The minimum Gasteiger partial charge on any atom is -0.366 e.